The summed E-state index contributed by atoms with van der Waals surface area (Å²) in [7, 11) is 0. The Morgan fingerprint density at radius 2 is 2.28 bits per heavy atom. The number of hydrogen-bond donors (Lipinski definition) is 2. The van der Waals surface area contributed by atoms with Crippen molar-refractivity contribution >= 4 is 5.91 Å². The Morgan fingerprint density at radius 3 is 2.94 bits per heavy atom. The van der Waals surface area contributed by atoms with Crippen LogP contribution in [0.3, 0.4) is 0 Å². The summed E-state index contributed by atoms with van der Waals surface area (Å²) < 4.78 is 12.8. The van der Waals surface area contributed by atoms with Gasteiger partial charge in [-0.05, 0) is 37.8 Å². The highest BCUT2D eigenvalue weighted by atomic mass is 19.1. The molecule has 0 bridgehead atoms. The standard InChI is InChI=1S/C14H16FNO2/c15-11-5-6-12(13(17)9-11)14(18)16-8-7-10-3-1-2-4-10/h3,5-6,9,17H,1-2,4,7-8H2,(H,16,18). The lowest BCUT2D eigenvalue weighted by atomic mass is 10.1. The van der Waals surface area contributed by atoms with Crippen LogP contribution in [0.5, 0.6) is 5.75 Å². The van der Waals surface area contributed by atoms with E-state index < -0.39 is 5.82 Å². The van der Waals surface area contributed by atoms with Gasteiger partial charge in [0.1, 0.15) is 11.6 Å². The predicted molar refractivity (Wildman–Crippen MR) is 66.9 cm³/mol. The minimum Gasteiger partial charge on any atom is -0.507 e. The molecule has 3 nitrogen and oxygen atoms in total. The maximum Gasteiger partial charge on any atom is 0.255 e. The number of benzene rings is 1. The van der Waals surface area contributed by atoms with Gasteiger partial charge in [0.2, 0.25) is 0 Å². The van der Waals surface area contributed by atoms with Gasteiger partial charge in [0.15, 0.2) is 0 Å². The Kier molecular flexibility index (Phi) is 3.97. The number of nitrogens with one attached hydrogen (secondary N) is 1. The average Bonchev–Trinajstić information content (AvgIpc) is 2.81. The second-order valence-electron chi connectivity index (χ2n) is 4.42. The Balaban J connectivity index is 1.87. The number of phenols is 1. The van der Waals surface area contributed by atoms with E-state index in [1.165, 1.54) is 18.1 Å². The molecular weight excluding hydrogens is 233 g/mol. The lowest BCUT2D eigenvalue weighted by Gasteiger charge is -2.07. The third-order valence-electron chi connectivity index (χ3n) is 3.07. The van der Waals surface area contributed by atoms with Crippen LogP contribution in [0, 0.1) is 5.82 Å². The number of carbonyl (C=O) groups excluding carboxylic acids is 1. The Hall–Kier alpha value is -1.84. The topological polar surface area (TPSA) is 49.3 Å². The van der Waals surface area contributed by atoms with Crippen molar-refractivity contribution in [1.82, 2.24) is 5.32 Å². The molecule has 2 rings (SSSR count). The molecule has 18 heavy (non-hydrogen) atoms. The first-order valence-electron chi connectivity index (χ1n) is 6.11. The molecule has 0 aliphatic heterocycles. The van der Waals surface area contributed by atoms with Crippen molar-refractivity contribution in [3.05, 3.63) is 41.2 Å². The number of carbonyl (C=O) groups is 1. The van der Waals surface area contributed by atoms with Crippen LogP contribution in [0.25, 0.3) is 0 Å². The van der Waals surface area contributed by atoms with Crippen molar-refractivity contribution in [2.45, 2.75) is 25.7 Å². The molecular formula is C14H16FNO2. The van der Waals surface area contributed by atoms with E-state index in [-0.39, 0.29) is 17.2 Å². The van der Waals surface area contributed by atoms with Crippen molar-refractivity contribution in [2.75, 3.05) is 6.54 Å². The molecule has 1 aromatic carbocycles. The minimum absolute atomic E-state index is 0.108. The van der Waals surface area contributed by atoms with E-state index in [0.29, 0.717) is 6.54 Å². The third-order valence-corrected chi connectivity index (χ3v) is 3.07. The van der Waals surface area contributed by atoms with Gasteiger partial charge in [0.05, 0.1) is 5.56 Å². The molecule has 0 spiro atoms. The summed E-state index contributed by atoms with van der Waals surface area (Å²) in [5, 5.41) is 12.2. The lowest BCUT2D eigenvalue weighted by Crippen LogP contribution is -2.24. The summed E-state index contributed by atoms with van der Waals surface area (Å²) in [4.78, 5) is 11.7. The van der Waals surface area contributed by atoms with E-state index in [1.807, 2.05) is 0 Å². The molecule has 96 valence electrons. The third kappa shape index (κ3) is 3.09. The Labute approximate surface area is 105 Å². The van der Waals surface area contributed by atoms with Crippen molar-refractivity contribution in [2.24, 2.45) is 0 Å². The fraction of sp³-hybridized carbons (Fsp3) is 0.357. The highest BCUT2D eigenvalue weighted by Gasteiger charge is 2.11. The summed E-state index contributed by atoms with van der Waals surface area (Å²) in [6.07, 6.45) is 6.48. The number of allylic oxidation sites excluding steroid dienone is 1. The van der Waals surface area contributed by atoms with Gasteiger partial charge in [-0.15, -0.1) is 0 Å². The van der Waals surface area contributed by atoms with Crippen LogP contribution in [0.2, 0.25) is 0 Å². The fourth-order valence-corrected chi connectivity index (χ4v) is 2.09. The summed E-state index contributed by atoms with van der Waals surface area (Å²) >= 11 is 0. The number of amides is 1. The highest BCUT2D eigenvalue weighted by Crippen LogP contribution is 2.20. The Bertz CT molecular complexity index is 483. The maximum atomic E-state index is 12.8. The van der Waals surface area contributed by atoms with Gasteiger partial charge in [-0.25, -0.2) is 4.39 Å². The average molecular weight is 249 g/mol. The van der Waals surface area contributed by atoms with Gasteiger partial charge in [-0.2, -0.15) is 0 Å². The largest absolute Gasteiger partial charge is 0.507 e. The molecule has 0 heterocycles. The van der Waals surface area contributed by atoms with Crippen LogP contribution in [0.1, 0.15) is 36.0 Å². The van der Waals surface area contributed by atoms with Crippen molar-refractivity contribution in [1.29, 1.82) is 0 Å². The van der Waals surface area contributed by atoms with E-state index in [9.17, 15) is 14.3 Å². The molecule has 0 saturated heterocycles. The van der Waals surface area contributed by atoms with E-state index in [2.05, 4.69) is 11.4 Å². The minimum atomic E-state index is -0.555. The van der Waals surface area contributed by atoms with E-state index in [4.69, 9.17) is 0 Å². The van der Waals surface area contributed by atoms with Gasteiger partial charge in [0, 0.05) is 12.6 Å². The van der Waals surface area contributed by atoms with Gasteiger partial charge < -0.3 is 10.4 Å². The first-order valence-corrected chi connectivity index (χ1v) is 6.11. The van der Waals surface area contributed by atoms with E-state index >= 15 is 0 Å². The van der Waals surface area contributed by atoms with Gasteiger partial charge in [0.25, 0.3) is 5.91 Å². The predicted octanol–water partition coefficient (Wildman–Crippen LogP) is 2.76. The molecule has 1 aromatic rings. The highest BCUT2D eigenvalue weighted by molar-refractivity contribution is 5.96. The Morgan fingerprint density at radius 1 is 1.44 bits per heavy atom. The van der Waals surface area contributed by atoms with E-state index in [1.54, 1.807) is 0 Å². The molecule has 1 amide bonds. The van der Waals surface area contributed by atoms with E-state index in [0.717, 1.165) is 31.4 Å². The molecule has 1 aliphatic carbocycles. The van der Waals surface area contributed by atoms with Crippen LogP contribution in [-0.4, -0.2) is 17.6 Å². The van der Waals surface area contributed by atoms with Crippen LogP contribution < -0.4 is 5.32 Å². The SMILES string of the molecule is O=C(NCCC1=CCCC1)c1ccc(F)cc1O. The lowest BCUT2D eigenvalue weighted by molar-refractivity contribution is 0.0951. The van der Waals surface area contributed by atoms with Crippen molar-refractivity contribution in [3.8, 4) is 5.75 Å². The number of aromatic hydroxyl groups is 1. The first kappa shape index (κ1) is 12.6. The molecule has 0 aromatic heterocycles. The number of halogens is 1. The molecule has 4 heteroatoms. The molecule has 0 fully saturated rings. The van der Waals surface area contributed by atoms with Crippen LogP contribution >= 0.6 is 0 Å². The molecule has 2 N–H and O–H groups in total. The zero-order valence-corrected chi connectivity index (χ0v) is 10.1. The number of rotatable bonds is 4. The second-order valence-corrected chi connectivity index (χ2v) is 4.42. The number of phenolic OH excluding ortho intramolecular Hbond substituents is 1. The summed E-state index contributed by atoms with van der Waals surface area (Å²) in [5.41, 5.74) is 1.48. The van der Waals surface area contributed by atoms with Crippen molar-refractivity contribution in [3.63, 3.8) is 0 Å². The fourth-order valence-electron chi connectivity index (χ4n) is 2.09. The van der Waals surface area contributed by atoms with Gasteiger partial charge in [-0.3, -0.25) is 4.79 Å². The molecule has 0 unspecified atom stereocenters. The monoisotopic (exact) mass is 249 g/mol. The molecule has 0 saturated carbocycles. The van der Waals surface area contributed by atoms with Crippen LogP contribution in [0.4, 0.5) is 4.39 Å². The zero-order chi connectivity index (χ0) is 13.0. The molecule has 0 radical (unpaired) electrons. The molecule has 0 atom stereocenters. The van der Waals surface area contributed by atoms with Crippen LogP contribution in [-0.2, 0) is 0 Å². The van der Waals surface area contributed by atoms with Crippen molar-refractivity contribution < 1.29 is 14.3 Å². The first-order chi connectivity index (χ1) is 8.66. The normalized spacial score (nSPS) is 14.4. The summed E-state index contributed by atoms with van der Waals surface area (Å²) in [5.74, 6) is -1.25. The summed E-state index contributed by atoms with van der Waals surface area (Å²) in [6.45, 7) is 0.543. The number of hydrogen-bond acceptors (Lipinski definition) is 2. The smallest absolute Gasteiger partial charge is 0.255 e. The van der Waals surface area contributed by atoms with Crippen LogP contribution in [0.15, 0.2) is 29.8 Å². The summed E-state index contributed by atoms with van der Waals surface area (Å²) in [6, 6.07) is 3.39. The molecule has 1 aliphatic rings. The van der Waals surface area contributed by atoms with Gasteiger partial charge in [-0.1, -0.05) is 11.6 Å². The second kappa shape index (κ2) is 5.67. The quantitative estimate of drug-likeness (QED) is 0.806. The van der Waals surface area contributed by atoms with Gasteiger partial charge >= 0.3 is 0 Å². The maximum absolute atomic E-state index is 12.8. The zero-order valence-electron chi connectivity index (χ0n) is 10.1.